The summed E-state index contributed by atoms with van der Waals surface area (Å²) in [5.41, 5.74) is 5.93. The average Bonchev–Trinajstić information content (AvgIpc) is 2.93. The fourth-order valence-electron chi connectivity index (χ4n) is 1.93. The monoisotopic (exact) mass is 221 g/mol. The molecule has 86 valence electrons. The number of phenolic OH excluding ortho intramolecular Hbond substituents is 1. The molecule has 1 aromatic carbocycles. The molecule has 16 heavy (non-hydrogen) atoms. The molecule has 0 bridgehead atoms. The van der Waals surface area contributed by atoms with Gasteiger partial charge in [0.1, 0.15) is 11.3 Å². The largest absolute Gasteiger partial charge is 0.508 e. The molecule has 1 aliphatic rings. The number of aromatic hydroxyl groups is 1. The highest BCUT2D eigenvalue weighted by molar-refractivity contribution is 5.86. The summed E-state index contributed by atoms with van der Waals surface area (Å²) in [4.78, 5) is 11.6. The van der Waals surface area contributed by atoms with Crippen LogP contribution in [0.3, 0.4) is 0 Å². The summed E-state index contributed by atoms with van der Waals surface area (Å²) < 4.78 is 4.92. The van der Waals surface area contributed by atoms with Gasteiger partial charge in [-0.2, -0.15) is 0 Å². The van der Waals surface area contributed by atoms with Crippen LogP contribution in [-0.2, 0) is 9.53 Å². The Morgan fingerprint density at radius 1 is 1.69 bits per heavy atom. The van der Waals surface area contributed by atoms with Gasteiger partial charge in [0, 0.05) is 5.92 Å². The molecule has 0 heterocycles. The SMILES string of the molecule is CCOC(=O)C1(N)CC1c1cccc(O)c1. The number of rotatable bonds is 3. The zero-order chi connectivity index (χ0) is 11.8. The molecule has 3 N–H and O–H groups in total. The van der Waals surface area contributed by atoms with Gasteiger partial charge in [0.2, 0.25) is 0 Å². The second-order valence-electron chi connectivity index (χ2n) is 4.11. The molecule has 0 radical (unpaired) electrons. The predicted molar refractivity (Wildman–Crippen MR) is 59.0 cm³/mol. The molecule has 0 aromatic heterocycles. The number of nitrogens with two attached hydrogens (primary N) is 1. The molecule has 1 fully saturated rings. The number of carbonyl (C=O) groups excluding carboxylic acids is 1. The van der Waals surface area contributed by atoms with Gasteiger partial charge in [0.15, 0.2) is 0 Å². The zero-order valence-corrected chi connectivity index (χ0v) is 9.14. The Balaban J connectivity index is 2.13. The molecule has 1 aromatic rings. The number of phenols is 1. The van der Waals surface area contributed by atoms with Crippen molar-refractivity contribution < 1.29 is 14.6 Å². The van der Waals surface area contributed by atoms with E-state index in [2.05, 4.69) is 0 Å². The fourth-order valence-corrected chi connectivity index (χ4v) is 1.93. The van der Waals surface area contributed by atoms with Gasteiger partial charge >= 0.3 is 5.97 Å². The molecule has 1 aliphatic carbocycles. The Bertz CT molecular complexity index is 418. The van der Waals surface area contributed by atoms with Gasteiger partial charge in [-0.1, -0.05) is 12.1 Å². The van der Waals surface area contributed by atoms with Crippen LogP contribution in [0.1, 0.15) is 24.8 Å². The molecule has 4 heteroatoms. The normalized spacial score (nSPS) is 27.5. The van der Waals surface area contributed by atoms with Crippen molar-refractivity contribution in [1.82, 2.24) is 0 Å². The molecule has 1 saturated carbocycles. The van der Waals surface area contributed by atoms with E-state index in [-0.39, 0.29) is 17.6 Å². The summed E-state index contributed by atoms with van der Waals surface area (Å²) in [6.45, 7) is 2.09. The second kappa shape index (κ2) is 3.79. The van der Waals surface area contributed by atoms with E-state index in [4.69, 9.17) is 10.5 Å². The number of benzene rings is 1. The van der Waals surface area contributed by atoms with E-state index in [1.165, 1.54) is 0 Å². The van der Waals surface area contributed by atoms with Crippen LogP contribution in [-0.4, -0.2) is 23.2 Å². The van der Waals surface area contributed by atoms with Crippen molar-refractivity contribution >= 4 is 5.97 Å². The van der Waals surface area contributed by atoms with E-state index in [1.54, 1.807) is 25.1 Å². The van der Waals surface area contributed by atoms with Crippen molar-refractivity contribution in [3.8, 4) is 5.75 Å². The quantitative estimate of drug-likeness (QED) is 0.751. The summed E-state index contributed by atoms with van der Waals surface area (Å²) in [5, 5.41) is 9.34. The summed E-state index contributed by atoms with van der Waals surface area (Å²) in [5.74, 6) is -0.211. The van der Waals surface area contributed by atoms with Crippen LogP contribution in [0.2, 0.25) is 0 Å². The third-order valence-corrected chi connectivity index (χ3v) is 2.93. The topological polar surface area (TPSA) is 72.5 Å². The summed E-state index contributed by atoms with van der Waals surface area (Å²) >= 11 is 0. The molecule has 4 nitrogen and oxygen atoms in total. The first kappa shape index (κ1) is 11.0. The lowest BCUT2D eigenvalue weighted by atomic mass is 10.1. The first-order chi connectivity index (χ1) is 7.58. The minimum absolute atomic E-state index is 0.0429. The summed E-state index contributed by atoms with van der Waals surface area (Å²) in [6, 6.07) is 6.83. The third-order valence-electron chi connectivity index (χ3n) is 2.93. The number of ether oxygens (including phenoxy) is 1. The Kier molecular flexibility index (Phi) is 2.59. The summed E-state index contributed by atoms with van der Waals surface area (Å²) in [6.07, 6.45) is 0.579. The Hall–Kier alpha value is -1.55. The smallest absolute Gasteiger partial charge is 0.326 e. The maximum atomic E-state index is 11.6. The fraction of sp³-hybridized carbons (Fsp3) is 0.417. The second-order valence-corrected chi connectivity index (χ2v) is 4.11. The Morgan fingerprint density at radius 2 is 2.44 bits per heavy atom. The Morgan fingerprint density at radius 3 is 3.06 bits per heavy atom. The molecule has 0 spiro atoms. The highest BCUT2D eigenvalue weighted by atomic mass is 16.5. The maximum absolute atomic E-state index is 11.6. The van der Waals surface area contributed by atoms with E-state index < -0.39 is 5.54 Å². The van der Waals surface area contributed by atoms with Gasteiger partial charge in [-0.25, -0.2) is 0 Å². The lowest BCUT2D eigenvalue weighted by Crippen LogP contribution is -2.36. The van der Waals surface area contributed by atoms with E-state index in [0.29, 0.717) is 13.0 Å². The summed E-state index contributed by atoms with van der Waals surface area (Å²) in [7, 11) is 0. The Labute approximate surface area is 94.0 Å². The predicted octanol–water partition coefficient (Wildman–Crippen LogP) is 1.14. The van der Waals surface area contributed by atoms with Crippen molar-refractivity contribution in [2.45, 2.75) is 24.8 Å². The molecule has 2 rings (SSSR count). The van der Waals surface area contributed by atoms with E-state index >= 15 is 0 Å². The van der Waals surface area contributed by atoms with Crippen molar-refractivity contribution in [3.05, 3.63) is 29.8 Å². The molecule has 0 amide bonds. The zero-order valence-electron chi connectivity index (χ0n) is 9.14. The number of carbonyl (C=O) groups is 1. The van der Waals surface area contributed by atoms with Gasteiger partial charge in [-0.15, -0.1) is 0 Å². The number of hydrogen-bond acceptors (Lipinski definition) is 4. The molecule has 2 unspecified atom stereocenters. The van der Waals surface area contributed by atoms with Gasteiger partial charge in [-0.05, 0) is 31.0 Å². The van der Waals surface area contributed by atoms with Gasteiger partial charge in [0.05, 0.1) is 6.61 Å². The van der Waals surface area contributed by atoms with E-state index in [0.717, 1.165) is 5.56 Å². The van der Waals surface area contributed by atoms with Crippen LogP contribution in [0.25, 0.3) is 0 Å². The first-order valence-electron chi connectivity index (χ1n) is 5.33. The van der Waals surface area contributed by atoms with Crippen LogP contribution < -0.4 is 5.73 Å². The first-order valence-corrected chi connectivity index (χ1v) is 5.33. The molecule has 2 atom stereocenters. The standard InChI is InChI=1S/C12H15NO3/c1-2-16-11(15)12(13)7-10(12)8-4-3-5-9(14)6-8/h3-6,10,14H,2,7,13H2,1H3. The highest BCUT2D eigenvalue weighted by Crippen LogP contribution is 2.50. The minimum atomic E-state index is -0.899. The van der Waals surface area contributed by atoms with Crippen LogP contribution in [0.5, 0.6) is 5.75 Å². The third kappa shape index (κ3) is 1.76. The highest BCUT2D eigenvalue weighted by Gasteiger charge is 2.59. The van der Waals surface area contributed by atoms with Crippen molar-refractivity contribution in [3.63, 3.8) is 0 Å². The van der Waals surface area contributed by atoms with Crippen LogP contribution >= 0.6 is 0 Å². The lowest BCUT2D eigenvalue weighted by molar-refractivity contribution is -0.146. The van der Waals surface area contributed by atoms with Gasteiger partial charge < -0.3 is 15.6 Å². The molecule has 0 saturated heterocycles. The molecular weight excluding hydrogens is 206 g/mol. The number of hydrogen-bond donors (Lipinski definition) is 2. The maximum Gasteiger partial charge on any atom is 0.326 e. The van der Waals surface area contributed by atoms with Crippen molar-refractivity contribution in [1.29, 1.82) is 0 Å². The minimum Gasteiger partial charge on any atom is -0.508 e. The van der Waals surface area contributed by atoms with Crippen LogP contribution in [0, 0.1) is 0 Å². The van der Waals surface area contributed by atoms with Crippen molar-refractivity contribution in [2.24, 2.45) is 5.73 Å². The van der Waals surface area contributed by atoms with Crippen LogP contribution in [0.15, 0.2) is 24.3 Å². The molecule has 0 aliphatic heterocycles. The van der Waals surface area contributed by atoms with Gasteiger partial charge in [0.25, 0.3) is 0 Å². The van der Waals surface area contributed by atoms with E-state index in [1.807, 2.05) is 6.07 Å². The number of esters is 1. The average molecular weight is 221 g/mol. The lowest BCUT2D eigenvalue weighted by Gasteiger charge is -2.10. The molecular formula is C12H15NO3. The van der Waals surface area contributed by atoms with Crippen LogP contribution in [0.4, 0.5) is 0 Å². The van der Waals surface area contributed by atoms with Gasteiger partial charge in [-0.3, -0.25) is 4.79 Å². The van der Waals surface area contributed by atoms with Crippen molar-refractivity contribution in [2.75, 3.05) is 6.61 Å². The van der Waals surface area contributed by atoms with E-state index in [9.17, 15) is 9.90 Å².